The van der Waals surface area contributed by atoms with E-state index in [0.717, 1.165) is 19.4 Å². The topological polar surface area (TPSA) is 33.8 Å². The first kappa shape index (κ1) is 67.0. The Morgan fingerprint density at radius 3 is 0.952 bits per heavy atom. The first-order valence-electron chi connectivity index (χ1n) is 24.8. The highest BCUT2D eigenvalue weighted by Crippen LogP contribution is 2.41. The number of hydrogen-bond donors (Lipinski definition) is 0. The fourth-order valence-corrected chi connectivity index (χ4v) is 9.26. The van der Waals surface area contributed by atoms with E-state index in [1.54, 1.807) is 6.20 Å². The molecule has 0 N–H and O–H groups in total. The Kier molecular flexibility index (Phi) is 20.7. The molecule has 0 fully saturated rings. The Bertz CT molecular complexity index is 2710. The second-order valence-electron chi connectivity index (χ2n) is 19.3. The highest BCUT2D eigenvalue weighted by Gasteiger charge is 2.47. The molecule has 3 nitrogen and oxygen atoms in total. The van der Waals surface area contributed by atoms with Crippen LogP contribution in [0, 0.1) is 0 Å². The van der Waals surface area contributed by atoms with E-state index < -0.39 is 195 Å². The minimum Gasteiger partial charge on any atom is -0.292 e. The number of aromatic nitrogens is 2. The summed E-state index contributed by atoms with van der Waals surface area (Å²) in [7, 11) is 0. The molecule has 0 aliphatic rings. The average molecular weight is 1220 g/mol. The molecule has 0 bridgehead atoms. The third-order valence-corrected chi connectivity index (χ3v) is 13.2. The van der Waals surface area contributed by atoms with Crippen LogP contribution in [-0.2, 0) is 56.0 Å². The molecule has 0 amide bonds. The molecule has 28 heteroatoms. The molecule has 0 radical (unpaired) electrons. The molecule has 1 heterocycles. The van der Waals surface area contributed by atoms with Gasteiger partial charge in [0, 0.05) is 12.0 Å². The summed E-state index contributed by atoms with van der Waals surface area (Å²) in [5, 5.41) is 0. The smallest absolute Gasteiger partial charge is 0.292 e. The van der Waals surface area contributed by atoms with Crippen molar-refractivity contribution in [1.29, 1.82) is 0 Å². The Labute approximate surface area is 457 Å². The lowest BCUT2D eigenvalue weighted by atomic mass is 9.12. The van der Waals surface area contributed by atoms with Gasteiger partial charge < -0.3 is 0 Å². The Hall–Kier alpha value is -6.77. The van der Waals surface area contributed by atoms with Gasteiger partial charge in [0.1, 0.15) is 6.15 Å². The molecule has 0 aliphatic heterocycles. The number of unbranched alkanes of at least 4 members (excludes halogenated alkanes) is 8. The van der Waals surface area contributed by atoms with Gasteiger partial charge in [-0.2, -0.15) is 132 Å². The van der Waals surface area contributed by atoms with E-state index in [4.69, 9.17) is 0 Å². The maximum absolute atomic E-state index is 14.2. The first-order valence-corrected chi connectivity index (χ1v) is 24.8. The molecule has 1 aromatic heterocycles. The van der Waals surface area contributed by atoms with Gasteiger partial charge in [-0.1, -0.05) is 137 Å². The third-order valence-electron chi connectivity index (χ3n) is 13.2. The van der Waals surface area contributed by atoms with Crippen molar-refractivity contribution in [2.24, 2.45) is 0 Å². The number of alkyl halides is 24. The summed E-state index contributed by atoms with van der Waals surface area (Å²) in [5.74, 6) is 0.162. The zero-order chi connectivity index (χ0) is 62.4. The highest BCUT2D eigenvalue weighted by atomic mass is 19.4. The van der Waals surface area contributed by atoms with Crippen LogP contribution in [0.3, 0.4) is 0 Å². The molecule has 0 spiro atoms. The number of Topliss-reactive ketones (excluding diaryl/α,β-unsaturated/α-hetero) is 1. The first-order chi connectivity index (χ1) is 38.1. The molecule has 0 atom stereocenters. The lowest BCUT2D eigenvalue weighted by Crippen LogP contribution is -2.75. The maximum Gasteiger partial charge on any atom is 0.416 e. The third kappa shape index (κ3) is 17.9. The predicted molar refractivity (Wildman–Crippen MR) is 256 cm³/mol. The summed E-state index contributed by atoms with van der Waals surface area (Å²) in [4.78, 5) is 16.6. The fraction of sp³-hybridized carbons (Fsp3) is 0.364. The maximum atomic E-state index is 14.2. The zero-order valence-corrected chi connectivity index (χ0v) is 42.8. The minimum absolute atomic E-state index is 0.162. The standard InChI is InChI=1S/C32H12BF24.C23H33N2O/c34-25(35,36)13-1-14(26(37,38)39)6-21(5-13)33(22-7-15(27(40,41)42)2-16(8-22)28(43,44)45,23-9-17(29(46,47)48)3-18(10-23)30(49,50)51)24-11-19(31(52,53)54)4-20(12-24)32(55,56)57;1-2-3-4-5-6-7-8-9-13-16-23(26)22-20-25(18-17-24-22)19-21-14-11-10-12-15-21/h1-12H;10-12,14-15,17-18,20H,2-9,13,16,19H2,1H3/q-1;+1. The number of halogens is 24. The second kappa shape index (κ2) is 25.6. The van der Waals surface area contributed by atoms with Crippen LogP contribution in [0.2, 0.25) is 0 Å². The summed E-state index contributed by atoms with van der Waals surface area (Å²) >= 11 is 0. The van der Waals surface area contributed by atoms with Gasteiger partial charge in [-0.05, 0) is 30.7 Å². The van der Waals surface area contributed by atoms with Crippen molar-refractivity contribution in [3.8, 4) is 0 Å². The molecular weight excluding hydrogens is 1170 g/mol. The molecular formula is C55H45BF24N2O. The van der Waals surface area contributed by atoms with Crippen LogP contribution in [0.25, 0.3) is 0 Å². The second-order valence-corrected chi connectivity index (χ2v) is 19.3. The molecule has 0 aliphatic carbocycles. The van der Waals surface area contributed by atoms with Crippen molar-refractivity contribution in [1.82, 2.24) is 4.98 Å². The van der Waals surface area contributed by atoms with Gasteiger partial charge in [-0.15, -0.1) is 0 Å². The molecule has 0 unspecified atom stereocenters. The Morgan fingerprint density at radius 2 is 0.675 bits per heavy atom. The highest BCUT2D eigenvalue weighted by molar-refractivity contribution is 7.20. The molecule has 5 aromatic carbocycles. The van der Waals surface area contributed by atoms with Gasteiger partial charge in [0.2, 0.25) is 0 Å². The van der Waals surface area contributed by atoms with Crippen molar-refractivity contribution in [3.05, 3.63) is 177 Å². The van der Waals surface area contributed by atoms with Crippen LogP contribution in [0.1, 0.15) is 132 Å². The predicted octanol–water partition coefficient (Wildman–Crippen LogP) is 16.7. The number of hydrogen-bond acceptors (Lipinski definition) is 2. The number of benzene rings is 5. The summed E-state index contributed by atoms with van der Waals surface area (Å²) < 4.78 is 343. The van der Waals surface area contributed by atoms with Gasteiger partial charge in [-0.3, -0.25) is 4.79 Å². The van der Waals surface area contributed by atoms with E-state index in [2.05, 4.69) is 24.0 Å². The summed E-state index contributed by atoms with van der Waals surface area (Å²) in [5.41, 5.74) is -28.4. The normalized spacial score (nSPS) is 13.2. The lowest BCUT2D eigenvalue weighted by molar-refractivity contribution is -0.689. The van der Waals surface area contributed by atoms with Gasteiger partial charge in [-0.25, -0.2) is 4.98 Å². The summed E-state index contributed by atoms with van der Waals surface area (Å²) in [6.45, 7) is 3.02. The summed E-state index contributed by atoms with van der Waals surface area (Å²) in [6.07, 6.45) is -37.2. The molecule has 452 valence electrons. The van der Waals surface area contributed by atoms with Gasteiger partial charge in [0.05, 0.1) is 50.7 Å². The van der Waals surface area contributed by atoms with Gasteiger partial charge in [0.25, 0.3) is 0 Å². The van der Waals surface area contributed by atoms with Crippen molar-refractivity contribution in [2.45, 2.75) is 127 Å². The zero-order valence-electron chi connectivity index (χ0n) is 42.8. The van der Waals surface area contributed by atoms with E-state index in [-0.39, 0.29) is 5.78 Å². The number of carbonyl (C=O) groups excluding carboxylic acids is 1. The van der Waals surface area contributed by atoms with Crippen molar-refractivity contribution in [2.75, 3.05) is 0 Å². The Morgan fingerprint density at radius 1 is 0.398 bits per heavy atom. The Balaban J connectivity index is 0.000000403. The van der Waals surface area contributed by atoms with Crippen LogP contribution in [-0.4, -0.2) is 16.9 Å². The van der Waals surface area contributed by atoms with E-state index in [0.29, 0.717) is 12.1 Å². The van der Waals surface area contributed by atoms with Crippen molar-refractivity contribution < 1.29 is 115 Å². The van der Waals surface area contributed by atoms with E-state index in [1.165, 1.54) is 50.5 Å². The van der Waals surface area contributed by atoms with E-state index in [1.807, 2.05) is 35.2 Å². The summed E-state index contributed by atoms with van der Waals surface area (Å²) in [6, 6.07) is 1.46. The molecule has 0 saturated carbocycles. The SMILES string of the molecule is CCCCCCCCCCCC(=O)c1c[n+](Cc2ccccc2)ccn1.FC(F)(F)c1cc([B-](c2cc(C(F)(F)F)cc(C(F)(F)F)c2)(c2cc(C(F)(F)F)cc(C(F)(F)F)c2)c2cc(C(F)(F)F)cc(C(F)(F)F)c2)cc(C(F)(F)F)c1. The van der Waals surface area contributed by atoms with Crippen LogP contribution in [0.5, 0.6) is 0 Å². The van der Waals surface area contributed by atoms with Gasteiger partial charge in [0.15, 0.2) is 30.4 Å². The van der Waals surface area contributed by atoms with Gasteiger partial charge >= 0.3 is 49.4 Å². The van der Waals surface area contributed by atoms with Crippen molar-refractivity contribution >= 4 is 33.8 Å². The fourth-order valence-electron chi connectivity index (χ4n) is 9.26. The van der Waals surface area contributed by atoms with E-state index >= 15 is 0 Å². The van der Waals surface area contributed by atoms with E-state index in [9.17, 15) is 110 Å². The largest absolute Gasteiger partial charge is 0.416 e. The number of nitrogens with zero attached hydrogens (tertiary/aromatic N) is 2. The molecule has 0 saturated heterocycles. The molecule has 83 heavy (non-hydrogen) atoms. The molecule has 6 aromatic rings. The monoisotopic (exact) mass is 1220 g/mol. The quantitative estimate of drug-likeness (QED) is 0.0300. The minimum atomic E-state index is -6.13. The van der Waals surface area contributed by atoms with Crippen molar-refractivity contribution in [3.63, 3.8) is 0 Å². The van der Waals surface area contributed by atoms with Crippen LogP contribution in [0.4, 0.5) is 105 Å². The lowest BCUT2D eigenvalue weighted by Gasteiger charge is -2.46. The number of rotatable bonds is 17. The van der Waals surface area contributed by atoms with Crippen LogP contribution < -0.4 is 26.4 Å². The number of carbonyl (C=O) groups is 1. The molecule has 6 rings (SSSR count). The number of ketones is 1. The van der Waals surface area contributed by atoms with Crippen LogP contribution in [0.15, 0.2) is 122 Å². The van der Waals surface area contributed by atoms with Crippen LogP contribution >= 0.6 is 0 Å². The average Bonchev–Trinajstić information content (AvgIpc) is 1.98.